The lowest BCUT2D eigenvalue weighted by Crippen LogP contribution is -2.04. The molecule has 0 spiro atoms. The van der Waals surface area contributed by atoms with E-state index >= 15 is 0 Å². The maximum absolute atomic E-state index is 5.74. The van der Waals surface area contributed by atoms with Crippen LogP contribution in [0.25, 0.3) is 11.1 Å². The fraction of sp³-hybridized carbons (Fsp3) is 0.250. The Morgan fingerprint density at radius 3 is 2.53 bits per heavy atom. The van der Waals surface area contributed by atoms with Crippen molar-refractivity contribution in [2.45, 2.75) is 24.7 Å². The number of hydrogen-bond acceptors (Lipinski definition) is 3. The molecule has 0 amide bonds. The molecule has 2 aromatic rings. The molecule has 0 aliphatic carbocycles. The lowest BCUT2D eigenvalue weighted by molar-refractivity contribution is 0.776. The molecular weight excluding hydrogens is 252 g/mol. The van der Waals surface area contributed by atoms with Crippen LogP contribution in [0.4, 0.5) is 5.69 Å². The normalized spacial score (nSPS) is 10.6. The third kappa shape index (κ3) is 4.01. The molecule has 0 atom stereocenters. The average molecular weight is 272 g/mol. The van der Waals surface area contributed by atoms with E-state index in [2.05, 4.69) is 48.0 Å². The van der Waals surface area contributed by atoms with Crippen LogP contribution >= 0.6 is 11.9 Å². The number of benzene rings is 2. The molecular formula is C16H20N2S. The molecule has 0 aliphatic rings. The first-order valence-electron chi connectivity index (χ1n) is 6.66. The van der Waals surface area contributed by atoms with Crippen LogP contribution in [0, 0.1) is 0 Å². The molecule has 2 aromatic carbocycles. The van der Waals surface area contributed by atoms with E-state index in [0.717, 1.165) is 12.2 Å². The van der Waals surface area contributed by atoms with Crippen LogP contribution in [0.3, 0.4) is 0 Å². The van der Waals surface area contributed by atoms with Crippen LogP contribution < -0.4 is 10.5 Å². The highest BCUT2D eigenvalue weighted by Gasteiger charge is 2.04. The molecule has 2 rings (SSSR count). The van der Waals surface area contributed by atoms with Gasteiger partial charge in [-0.1, -0.05) is 43.7 Å². The Labute approximate surface area is 119 Å². The lowest BCUT2D eigenvalue weighted by Gasteiger charge is -2.10. The highest BCUT2D eigenvalue weighted by molar-refractivity contribution is 7.97. The Hall–Kier alpha value is -1.45. The smallest absolute Gasteiger partial charge is 0.0314 e. The van der Waals surface area contributed by atoms with E-state index in [4.69, 9.17) is 5.73 Å². The van der Waals surface area contributed by atoms with Crippen molar-refractivity contribution in [1.82, 2.24) is 4.72 Å². The van der Waals surface area contributed by atoms with E-state index < -0.39 is 0 Å². The fourth-order valence-corrected chi connectivity index (χ4v) is 2.68. The predicted molar refractivity (Wildman–Crippen MR) is 85.1 cm³/mol. The van der Waals surface area contributed by atoms with Crippen LogP contribution in [0.2, 0.25) is 0 Å². The number of nitrogens with two attached hydrogens (primary N) is 1. The molecule has 0 aromatic heterocycles. The van der Waals surface area contributed by atoms with Crippen molar-refractivity contribution in [3.05, 3.63) is 48.5 Å². The number of unbranched alkanes of at least 4 members (excludes halogenated alkanes) is 1. The minimum absolute atomic E-state index is 0.801. The summed E-state index contributed by atoms with van der Waals surface area (Å²) in [4.78, 5) is 1.25. The van der Waals surface area contributed by atoms with E-state index in [-0.39, 0.29) is 0 Å². The second-order valence-electron chi connectivity index (χ2n) is 4.47. The Morgan fingerprint density at radius 2 is 1.79 bits per heavy atom. The van der Waals surface area contributed by atoms with Gasteiger partial charge in [0, 0.05) is 17.1 Å². The quantitative estimate of drug-likeness (QED) is 0.467. The summed E-state index contributed by atoms with van der Waals surface area (Å²) in [7, 11) is 0. The molecule has 0 saturated carbocycles. The zero-order valence-electron chi connectivity index (χ0n) is 11.2. The molecule has 0 fully saturated rings. The first-order valence-corrected chi connectivity index (χ1v) is 7.47. The molecule has 0 heterocycles. The van der Waals surface area contributed by atoms with Gasteiger partial charge in [-0.15, -0.1) is 0 Å². The summed E-state index contributed by atoms with van der Waals surface area (Å²) < 4.78 is 3.42. The van der Waals surface area contributed by atoms with Crippen molar-refractivity contribution in [2.75, 3.05) is 12.3 Å². The van der Waals surface area contributed by atoms with E-state index in [1.165, 1.54) is 28.9 Å². The minimum Gasteiger partial charge on any atom is -0.399 e. The Kier molecular flexibility index (Phi) is 5.31. The van der Waals surface area contributed by atoms with Crippen LogP contribution in [0.1, 0.15) is 19.8 Å². The van der Waals surface area contributed by atoms with Gasteiger partial charge in [-0.3, -0.25) is 4.72 Å². The molecule has 0 radical (unpaired) electrons. The number of nitrogen functional groups attached to an aromatic ring is 1. The molecule has 19 heavy (non-hydrogen) atoms. The zero-order chi connectivity index (χ0) is 13.5. The summed E-state index contributed by atoms with van der Waals surface area (Å²) in [5, 5.41) is 0. The number of anilines is 1. The Balaban J connectivity index is 2.14. The summed E-state index contributed by atoms with van der Waals surface area (Å²) in [6, 6.07) is 16.5. The highest BCUT2D eigenvalue weighted by Crippen LogP contribution is 2.30. The topological polar surface area (TPSA) is 38.0 Å². The number of rotatable bonds is 6. The first kappa shape index (κ1) is 14.0. The number of hydrogen-bond donors (Lipinski definition) is 2. The van der Waals surface area contributed by atoms with Gasteiger partial charge in [0.15, 0.2) is 0 Å². The van der Waals surface area contributed by atoms with Crippen molar-refractivity contribution in [1.29, 1.82) is 0 Å². The molecule has 0 bridgehead atoms. The van der Waals surface area contributed by atoms with Crippen molar-refractivity contribution in [2.24, 2.45) is 0 Å². The molecule has 3 N–H and O–H groups in total. The summed E-state index contributed by atoms with van der Waals surface area (Å²) in [6.07, 6.45) is 2.42. The van der Waals surface area contributed by atoms with Gasteiger partial charge in [0.25, 0.3) is 0 Å². The molecule has 0 unspecified atom stereocenters. The van der Waals surface area contributed by atoms with Crippen molar-refractivity contribution >= 4 is 17.6 Å². The van der Waals surface area contributed by atoms with Crippen LogP contribution in [0.15, 0.2) is 53.4 Å². The van der Waals surface area contributed by atoms with Gasteiger partial charge in [-0.05, 0) is 47.7 Å². The molecule has 0 saturated heterocycles. The SMILES string of the molecule is CCCCNSc1ccccc1-c1ccc(N)cc1. The highest BCUT2D eigenvalue weighted by atomic mass is 32.2. The van der Waals surface area contributed by atoms with Crippen LogP contribution in [-0.2, 0) is 0 Å². The Morgan fingerprint density at radius 1 is 1.05 bits per heavy atom. The van der Waals surface area contributed by atoms with Crippen molar-refractivity contribution < 1.29 is 0 Å². The summed E-state index contributed by atoms with van der Waals surface area (Å²) in [5.41, 5.74) is 8.99. The van der Waals surface area contributed by atoms with Gasteiger partial charge in [0.2, 0.25) is 0 Å². The maximum atomic E-state index is 5.74. The van der Waals surface area contributed by atoms with Gasteiger partial charge in [-0.25, -0.2) is 0 Å². The van der Waals surface area contributed by atoms with E-state index in [1.54, 1.807) is 11.9 Å². The molecule has 2 nitrogen and oxygen atoms in total. The summed E-state index contributed by atoms with van der Waals surface area (Å²) in [5.74, 6) is 0. The average Bonchev–Trinajstić information content (AvgIpc) is 2.45. The van der Waals surface area contributed by atoms with Gasteiger partial charge in [0.1, 0.15) is 0 Å². The van der Waals surface area contributed by atoms with E-state index in [9.17, 15) is 0 Å². The van der Waals surface area contributed by atoms with Gasteiger partial charge in [-0.2, -0.15) is 0 Å². The van der Waals surface area contributed by atoms with Gasteiger partial charge in [0.05, 0.1) is 0 Å². The maximum Gasteiger partial charge on any atom is 0.0314 e. The molecule has 100 valence electrons. The second kappa shape index (κ2) is 7.22. The van der Waals surface area contributed by atoms with E-state index in [0.29, 0.717) is 0 Å². The fourth-order valence-electron chi connectivity index (χ4n) is 1.83. The van der Waals surface area contributed by atoms with Gasteiger partial charge >= 0.3 is 0 Å². The summed E-state index contributed by atoms with van der Waals surface area (Å²) >= 11 is 1.70. The van der Waals surface area contributed by atoms with Crippen molar-refractivity contribution in [3.63, 3.8) is 0 Å². The first-order chi connectivity index (χ1) is 9.31. The van der Waals surface area contributed by atoms with Crippen LogP contribution in [0.5, 0.6) is 0 Å². The zero-order valence-corrected chi connectivity index (χ0v) is 12.0. The standard InChI is InChI=1S/C16H20N2S/c1-2-3-12-18-19-16-7-5-4-6-15(16)13-8-10-14(17)11-9-13/h4-11,18H,2-3,12,17H2,1H3. The third-order valence-corrected chi connectivity index (χ3v) is 3.85. The molecule has 0 aliphatic heterocycles. The second-order valence-corrected chi connectivity index (χ2v) is 5.40. The van der Waals surface area contributed by atoms with Gasteiger partial charge < -0.3 is 5.73 Å². The van der Waals surface area contributed by atoms with Crippen molar-refractivity contribution in [3.8, 4) is 11.1 Å². The number of nitrogens with one attached hydrogen (secondary N) is 1. The lowest BCUT2D eigenvalue weighted by atomic mass is 10.1. The third-order valence-electron chi connectivity index (χ3n) is 2.92. The molecule has 3 heteroatoms. The van der Waals surface area contributed by atoms with Crippen LogP contribution in [-0.4, -0.2) is 6.54 Å². The largest absolute Gasteiger partial charge is 0.399 e. The Bertz CT molecular complexity index is 508. The predicted octanol–water partition coefficient (Wildman–Crippen LogP) is 4.33. The monoisotopic (exact) mass is 272 g/mol. The van der Waals surface area contributed by atoms with E-state index in [1.807, 2.05) is 12.1 Å². The summed E-state index contributed by atoms with van der Waals surface area (Å²) in [6.45, 7) is 3.24. The minimum atomic E-state index is 0.801.